The molecular formula is C23H28N4O3S2. The highest BCUT2D eigenvalue weighted by Gasteiger charge is 2.35. The van der Waals surface area contributed by atoms with Crippen molar-refractivity contribution in [3.05, 3.63) is 31.9 Å². The quantitative estimate of drug-likeness (QED) is 0.491. The van der Waals surface area contributed by atoms with Gasteiger partial charge in [-0.25, -0.2) is 0 Å². The molecule has 1 aromatic heterocycles. The van der Waals surface area contributed by atoms with E-state index in [0.717, 1.165) is 69.6 Å². The first-order valence-corrected chi connectivity index (χ1v) is 12.4. The third-order valence-electron chi connectivity index (χ3n) is 6.43. The SMILES string of the molecule is Cc1c(/C=C2/SC(=S)N(CC3CCCO3)C2=O)c(N2CCCCCC2)n(C)c(=O)c1C#N. The highest BCUT2D eigenvalue weighted by Crippen LogP contribution is 2.36. The molecule has 1 atom stereocenters. The van der Waals surface area contributed by atoms with Gasteiger partial charge in [-0.05, 0) is 44.2 Å². The van der Waals surface area contributed by atoms with Crippen molar-refractivity contribution in [3.8, 4) is 6.07 Å². The molecule has 0 radical (unpaired) electrons. The van der Waals surface area contributed by atoms with Crippen molar-refractivity contribution in [1.29, 1.82) is 5.26 Å². The number of hydrogen-bond donors (Lipinski definition) is 0. The van der Waals surface area contributed by atoms with Crippen LogP contribution >= 0.6 is 24.0 Å². The molecule has 1 amide bonds. The lowest BCUT2D eigenvalue weighted by Gasteiger charge is -2.28. The van der Waals surface area contributed by atoms with Crippen molar-refractivity contribution >= 4 is 46.1 Å². The summed E-state index contributed by atoms with van der Waals surface area (Å²) in [4.78, 5) is 30.5. The van der Waals surface area contributed by atoms with Crippen LogP contribution in [0.4, 0.5) is 5.82 Å². The molecule has 0 spiro atoms. The lowest BCUT2D eigenvalue weighted by molar-refractivity contribution is -0.123. The number of carbonyl (C=O) groups excluding carboxylic acids is 1. The Morgan fingerprint density at radius 2 is 1.94 bits per heavy atom. The first-order valence-electron chi connectivity index (χ1n) is 11.2. The average molecular weight is 473 g/mol. The fourth-order valence-electron chi connectivity index (χ4n) is 4.66. The Morgan fingerprint density at radius 3 is 2.56 bits per heavy atom. The minimum absolute atomic E-state index is 0.0222. The maximum Gasteiger partial charge on any atom is 0.270 e. The van der Waals surface area contributed by atoms with Gasteiger partial charge in [0.2, 0.25) is 0 Å². The number of rotatable bonds is 4. The zero-order valence-electron chi connectivity index (χ0n) is 18.6. The number of aromatic nitrogens is 1. The van der Waals surface area contributed by atoms with Crippen molar-refractivity contribution in [3.63, 3.8) is 0 Å². The Hall–Kier alpha value is -2.15. The number of nitrogens with zero attached hydrogens (tertiary/aromatic N) is 4. The number of pyridine rings is 1. The molecule has 0 aromatic carbocycles. The van der Waals surface area contributed by atoms with Crippen LogP contribution in [0.2, 0.25) is 0 Å². The third-order valence-corrected chi connectivity index (χ3v) is 7.81. The second-order valence-corrected chi connectivity index (χ2v) is 10.2. The Morgan fingerprint density at radius 1 is 1.22 bits per heavy atom. The van der Waals surface area contributed by atoms with Crippen molar-refractivity contribution in [2.45, 2.75) is 51.6 Å². The molecule has 7 nitrogen and oxygen atoms in total. The van der Waals surface area contributed by atoms with Crippen LogP contribution in [0.25, 0.3) is 6.08 Å². The van der Waals surface area contributed by atoms with Crippen LogP contribution in [-0.2, 0) is 16.6 Å². The molecule has 3 fully saturated rings. The molecule has 1 unspecified atom stereocenters. The summed E-state index contributed by atoms with van der Waals surface area (Å²) in [6.45, 7) is 4.68. The van der Waals surface area contributed by atoms with Crippen LogP contribution in [0, 0.1) is 18.3 Å². The van der Waals surface area contributed by atoms with Gasteiger partial charge in [0.05, 0.1) is 17.6 Å². The van der Waals surface area contributed by atoms with E-state index >= 15 is 0 Å². The zero-order valence-corrected chi connectivity index (χ0v) is 20.2. The zero-order chi connectivity index (χ0) is 22.8. The standard InChI is InChI=1S/C23H28N4O3S2/c1-15-17(12-19-22(29)27(23(31)32-19)14-16-8-7-11-30-16)20(25(2)21(28)18(15)13-24)26-9-5-3-4-6-10-26/h12,16H,3-11,14H2,1-2H3/b19-12+. The van der Waals surface area contributed by atoms with E-state index in [9.17, 15) is 14.9 Å². The molecular weight excluding hydrogens is 444 g/mol. The smallest absolute Gasteiger partial charge is 0.270 e. The van der Waals surface area contributed by atoms with Gasteiger partial charge >= 0.3 is 0 Å². The molecule has 0 bridgehead atoms. The summed E-state index contributed by atoms with van der Waals surface area (Å²) in [5.41, 5.74) is 1.18. The Bertz CT molecular complexity index is 1060. The minimum atomic E-state index is -0.299. The van der Waals surface area contributed by atoms with Crippen LogP contribution in [0.3, 0.4) is 0 Å². The van der Waals surface area contributed by atoms with E-state index < -0.39 is 0 Å². The summed E-state index contributed by atoms with van der Waals surface area (Å²) in [5.74, 6) is 0.641. The number of hydrogen-bond acceptors (Lipinski definition) is 7. The molecule has 1 aromatic rings. The lowest BCUT2D eigenvalue weighted by atomic mass is 10.0. The second-order valence-electron chi connectivity index (χ2n) is 8.54. The predicted molar refractivity (Wildman–Crippen MR) is 131 cm³/mol. The maximum absolute atomic E-state index is 13.2. The molecule has 3 aliphatic rings. The highest BCUT2D eigenvalue weighted by atomic mass is 32.2. The fourth-order valence-corrected chi connectivity index (χ4v) is 5.91. The molecule has 32 heavy (non-hydrogen) atoms. The number of nitriles is 1. The summed E-state index contributed by atoms with van der Waals surface area (Å²) >= 11 is 6.78. The van der Waals surface area contributed by atoms with Gasteiger partial charge in [-0.2, -0.15) is 5.26 Å². The molecule has 0 aliphatic carbocycles. The topological polar surface area (TPSA) is 78.6 Å². The molecule has 3 aliphatic heterocycles. The van der Waals surface area contributed by atoms with E-state index in [4.69, 9.17) is 17.0 Å². The fraction of sp³-hybridized carbons (Fsp3) is 0.565. The molecule has 3 saturated heterocycles. The van der Waals surface area contributed by atoms with E-state index in [1.807, 2.05) is 6.08 Å². The van der Waals surface area contributed by atoms with Crippen LogP contribution < -0.4 is 10.5 Å². The number of thioether (sulfide) groups is 1. The molecule has 4 heterocycles. The van der Waals surface area contributed by atoms with E-state index in [2.05, 4.69) is 11.0 Å². The van der Waals surface area contributed by atoms with Gasteiger partial charge in [-0.15, -0.1) is 0 Å². The third kappa shape index (κ3) is 4.36. The minimum Gasteiger partial charge on any atom is -0.376 e. The van der Waals surface area contributed by atoms with Crippen LogP contribution in [0.5, 0.6) is 0 Å². The van der Waals surface area contributed by atoms with Gasteiger partial charge < -0.3 is 9.64 Å². The summed E-state index contributed by atoms with van der Waals surface area (Å²) in [7, 11) is 1.71. The van der Waals surface area contributed by atoms with E-state index in [0.29, 0.717) is 21.3 Å². The maximum atomic E-state index is 13.2. The summed E-state index contributed by atoms with van der Waals surface area (Å²) in [6, 6.07) is 2.06. The van der Waals surface area contributed by atoms with Crippen LogP contribution in [-0.4, -0.2) is 52.0 Å². The van der Waals surface area contributed by atoms with Crippen molar-refractivity contribution in [2.24, 2.45) is 7.05 Å². The molecule has 9 heteroatoms. The first kappa shape index (κ1) is 23.0. The van der Waals surface area contributed by atoms with Gasteiger partial charge in [0.25, 0.3) is 11.5 Å². The average Bonchev–Trinajstić information content (AvgIpc) is 3.27. The van der Waals surface area contributed by atoms with E-state index in [1.54, 1.807) is 23.4 Å². The van der Waals surface area contributed by atoms with Gasteiger partial charge in [-0.3, -0.25) is 19.1 Å². The number of thiocarbonyl (C=S) groups is 1. The van der Waals surface area contributed by atoms with Crippen molar-refractivity contribution in [2.75, 3.05) is 31.1 Å². The molecule has 4 rings (SSSR count). The number of carbonyl (C=O) groups is 1. The number of anilines is 1. The summed E-state index contributed by atoms with van der Waals surface area (Å²) in [6.07, 6.45) is 8.21. The van der Waals surface area contributed by atoms with Crippen LogP contribution in [0.15, 0.2) is 9.70 Å². The van der Waals surface area contributed by atoms with Gasteiger partial charge in [-0.1, -0.05) is 36.8 Å². The molecule has 170 valence electrons. The monoisotopic (exact) mass is 472 g/mol. The Labute approximate surface area is 198 Å². The van der Waals surface area contributed by atoms with Gasteiger partial charge in [0.1, 0.15) is 21.8 Å². The predicted octanol–water partition coefficient (Wildman–Crippen LogP) is 3.33. The number of amides is 1. The highest BCUT2D eigenvalue weighted by molar-refractivity contribution is 8.26. The number of ether oxygens (including phenoxy) is 1. The van der Waals surface area contributed by atoms with Crippen molar-refractivity contribution in [1.82, 2.24) is 9.47 Å². The Kier molecular flexibility index (Phi) is 7.03. The lowest BCUT2D eigenvalue weighted by Crippen LogP contribution is -2.35. The first-order chi connectivity index (χ1) is 15.4. The largest absolute Gasteiger partial charge is 0.376 e. The normalized spacial score (nSPS) is 23.2. The summed E-state index contributed by atoms with van der Waals surface area (Å²) < 4.78 is 7.78. The van der Waals surface area contributed by atoms with Gasteiger partial charge in [0, 0.05) is 32.3 Å². The van der Waals surface area contributed by atoms with Crippen molar-refractivity contribution < 1.29 is 9.53 Å². The van der Waals surface area contributed by atoms with Crippen LogP contribution in [0.1, 0.15) is 55.2 Å². The molecule has 0 saturated carbocycles. The van der Waals surface area contributed by atoms with Gasteiger partial charge in [0.15, 0.2) is 0 Å². The molecule has 0 N–H and O–H groups in total. The second kappa shape index (κ2) is 9.77. The summed E-state index contributed by atoms with van der Waals surface area (Å²) in [5, 5.41) is 9.64. The van der Waals surface area contributed by atoms with E-state index in [1.165, 1.54) is 11.8 Å². The van der Waals surface area contributed by atoms with E-state index in [-0.39, 0.29) is 23.1 Å². The Balaban J connectivity index is 1.76.